The number of aryl methyl sites for hydroxylation is 1. The van der Waals surface area contributed by atoms with Crippen LogP contribution in [0.5, 0.6) is 0 Å². The molecule has 1 aromatic rings. The Labute approximate surface area is 157 Å². The summed E-state index contributed by atoms with van der Waals surface area (Å²) in [5.74, 6) is 0. The highest BCUT2D eigenvalue weighted by Gasteiger charge is 1.96. The molecule has 25 heavy (non-hydrogen) atoms. The number of hydrogen-bond acceptors (Lipinski definition) is 1. The molecule has 0 saturated heterocycles. The van der Waals surface area contributed by atoms with Gasteiger partial charge in [-0.1, -0.05) is 115 Å². The summed E-state index contributed by atoms with van der Waals surface area (Å²) >= 11 is 0. The predicted molar refractivity (Wildman–Crippen MR) is 114 cm³/mol. The van der Waals surface area contributed by atoms with Crippen molar-refractivity contribution in [2.45, 2.75) is 116 Å². The molecule has 0 spiro atoms. The van der Waals surface area contributed by atoms with Gasteiger partial charge in [-0.05, 0) is 30.5 Å². The highest BCUT2D eigenvalue weighted by molar-refractivity contribution is 5.39. The molecule has 144 valence electrons. The maximum atomic E-state index is 5.72. The Morgan fingerprint density at radius 1 is 0.520 bits per heavy atom. The molecule has 0 aliphatic carbocycles. The van der Waals surface area contributed by atoms with E-state index >= 15 is 0 Å². The zero-order valence-corrected chi connectivity index (χ0v) is 16.9. The third kappa shape index (κ3) is 13.9. The molecule has 0 amide bonds. The van der Waals surface area contributed by atoms with E-state index in [1.807, 2.05) is 12.1 Å². The number of hydrogen-bond donors (Lipinski definition) is 1. The van der Waals surface area contributed by atoms with Crippen LogP contribution < -0.4 is 5.73 Å². The summed E-state index contributed by atoms with van der Waals surface area (Å²) in [6, 6.07) is 8.37. The van der Waals surface area contributed by atoms with Crippen molar-refractivity contribution in [3.63, 3.8) is 0 Å². The lowest BCUT2D eigenvalue weighted by Gasteiger charge is -2.04. The largest absolute Gasteiger partial charge is 0.399 e. The fraction of sp³-hybridized carbons (Fsp3) is 0.750. The Hall–Kier alpha value is -0.980. The Balaban J connectivity index is 1.74. The standard InChI is InChI=1S/C24H43N/c1-2-3-4-5-6-7-8-9-10-11-12-13-14-15-16-17-18-23-19-21-24(25)22-20-23/h19-22H,2-18,25H2,1H3. The van der Waals surface area contributed by atoms with Gasteiger partial charge in [-0.2, -0.15) is 0 Å². The van der Waals surface area contributed by atoms with Crippen molar-refractivity contribution < 1.29 is 0 Å². The number of rotatable bonds is 17. The highest BCUT2D eigenvalue weighted by atomic mass is 14.5. The quantitative estimate of drug-likeness (QED) is 0.224. The molecule has 1 nitrogen and oxygen atoms in total. The Kier molecular flexibility index (Phi) is 14.5. The molecular formula is C24H43N. The molecule has 2 N–H and O–H groups in total. The molecule has 0 aliphatic rings. The molecule has 0 aromatic heterocycles. The lowest BCUT2D eigenvalue weighted by atomic mass is 10.0. The molecule has 0 heterocycles. The van der Waals surface area contributed by atoms with Crippen LogP contribution in [0.25, 0.3) is 0 Å². The first-order valence-corrected chi connectivity index (χ1v) is 11.2. The van der Waals surface area contributed by atoms with Crippen LogP contribution in [-0.2, 0) is 6.42 Å². The van der Waals surface area contributed by atoms with Crippen molar-refractivity contribution in [1.82, 2.24) is 0 Å². The minimum absolute atomic E-state index is 0.871. The molecule has 1 aromatic carbocycles. The smallest absolute Gasteiger partial charge is 0.0314 e. The van der Waals surface area contributed by atoms with Gasteiger partial charge in [0.15, 0.2) is 0 Å². The Morgan fingerprint density at radius 3 is 1.28 bits per heavy atom. The van der Waals surface area contributed by atoms with E-state index in [0.29, 0.717) is 0 Å². The van der Waals surface area contributed by atoms with E-state index in [-0.39, 0.29) is 0 Å². The maximum absolute atomic E-state index is 5.72. The first-order valence-electron chi connectivity index (χ1n) is 11.2. The van der Waals surface area contributed by atoms with Crippen LogP contribution in [-0.4, -0.2) is 0 Å². The van der Waals surface area contributed by atoms with Gasteiger partial charge in [-0.15, -0.1) is 0 Å². The number of nitrogen functional groups attached to an aromatic ring is 1. The number of anilines is 1. The van der Waals surface area contributed by atoms with Gasteiger partial charge in [-0.3, -0.25) is 0 Å². The monoisotopic (exact) mass is 345 g/mol. The average Bonchev–Trinajstić information content (AvgIpc) is 2.63. The number of unbranched alkanes of at least 4 members (excludes halogenated alkanes) is 15. The fourth-order valence-corrected chi connectivity index (χ4v) is 3.56. The van der Waals surface area contributed by atoms with Crippen molar-refractivity contribution in [2.75, 3.05) is 5.73 Å². The predicted octanol–water partition coefficient (Wildman–Crippen LogP) is 8.07. The summed E-state index contributed by atoms with van der Waals surface area (Å²) < 4.78 is 0. The summed E-state index contributed by atoms with van der Waals surface area (Å²) in [7, 11) is 0. The second-order valence-electron chi connectivity index (χ2n) is 7.79. The summed E-state index contributed by atoms with van der Waals surface area (Å²) in [5.41, 5.74) is 8.02. The Bertz CT molecular complexity index is 382. The zero-order valence-electron chi connectivity index (χ0n) is 16.9. The summed E-state index contributed by atoms with van der Waals surface area (Å²) in [5, 5.41) is 0. The van der Waals surface area contributed by atoms with E-state index < -0.39 is 0 Å². The van der Waals surface area contributed by atoms with Crippen LogP contribution in [0.4, 0.5) is 5.69 Å². The van der Waals surface area contributed by atoms with E-state index in [4.69, 9.17) is 5.73 Å². The van der Waals surface area contributed by atoms with Crippen molar-refractivity contribution in [1.29, 1.82) is 0 Å². The van der Waals surface area contributed by atoms with Gasteiger partial charge in [0.2, 0.25) is 0 Å². The lowest BCUT2D eigenvalue weighted by Crippen LogP contribution is -1.88. The summed E-state index contributed by atoms with van der Waals surface area (Å²) in [4.78, 5) is 0. The molecule has 1 heteroatoms. The molecule has 0 fully saturated rings. The molecular weight excluding hydrogens is 302 g/mol. The average molecular weight is 346 g/mol. The van der Waals surface area contributed by atoms with E-state index in [9.17, 15) is 0 Å². The minimum Gasteiger partial charge on any atom is -0.399 e. The van der Waals surface area contributed by atoms with E-state index in [1.165, 1.54) is 115 Å². The van der Waals surface area contributed by atoms with Crippen LogP contribution >= 0.6 is 0 Å². The molecule has 0 radical (unpaired) electrons. The van der Waals surface area contributed by atoms with Crippen molar-refractivity contribution in [3.8, 4) is 0 Å². The maximum Gasteiger partial charge on any atom is 0.0314 e. The van der Waals surface area contributed by atoms with Gasteiger partial charge in [0.1, 0.15) is 0 Å². The summed E-state index contributed by atoms with van der Waals surface area (Å²) in [6.07, 6.45) is 24.2. The summed E-state index contributed by atoms with van der Waals surface area (Å²) in [6.45, 7) is 2.29. The first-order chi connectivity index (χ1) is 12.3. The van der Waals surface area contributed by atoms with Gasteiger partial charge < -0.3 is 5.73 Å². The van der Waals surface area contributed by atoms with Gasteiger partial charge >= 0.3 is 0 Å². The van der Waals surface area contributed by atoms with Gasteiger partial charge in [0.05, 0.1) is 0 Å². The fourth-order valence-electron chi connectivity index (χ4n) is 3.56. The van der Waals surface area contributed by atoms with Crippen molar-refractivity contribution in [2.24, 2.45) is 0 Å². The molecule has 0 bridgehead atoms. The molecule has 0 aliphatic heterocycles. The van der Waals surface area contributed by atoms with Gasteiger partial charge in [0.25, 0.3) is 0 Å². The SMILES string of the molecule is CCCCCCCCCCCCCCCCCCc1ccc(N)cc1. The van der Waals surface area contributed by atoms with Crippen LogP contribution in [0.3, 0.4) is 0 Å². The first kappa shape index (κ1) is 22.1. The van der Waals surface area contributed by atoms with E-state index in [0.717, 1.165) is 5.69 Å². The molecule has 0 atom stereocenters. The van der Waals surface area contributed by atoms with Crippen molar-refractivity contribution >= 4 is 5.69 Å². The minimum atomic E-state index is 0.871. The third-order valence-electron chi connectivity index (χ3n) is 5.30. The molecule has 0 unspecified atom stereocenters. The second kappa shape index (κ2) is 16.5. The van der Waals surface area contributed by atoms with Crippen LogP contribution in [0.1, 0.15) is 115 Å². The van der Waals surface area contributed by atoms with Gasteiger partial charge in [-0.25, -0.2) is 0 Å². The highest BCUT2D eigenvalue weighted by Crippen LogP contribution is 2.15. The van der Waals surface area contributed by atoms with E-state index in [2.05, 4.69) is 19.1 Å². The van der Waals surface area contributed by atoms with Crippen LogP contribution in [0.15, 0.2) is 24.3 Å². The topological polar surface area (TPSA) is 26.0 Å². The lowest BCUT2D eigenvalue weighted by molar-refractivity contribution is 0.529. The third-order valence-corrected chi connectivity index (χ3v) is 5.30. The molecule has 1 rings (SSSR count). The van der Waals surface area contributed by atoms with Crippen molar-refractivity contribution in [3.05, 3.63) is 29.8 Å². The van der Waals surface area contributed by atoms with Crippen LogP contribution in [0, 0.1) is 0 Å². The zero-order chi connectivity index (χ0) is 18.0. The second-order valence-corrected chi connectivity index (χ2v) is 7.79. The van der Waals surface area contributed by atoms with Gasteiger partial charge in [0, 0.05) is 5.69 Å². The van der Waals surface area contributed by atoms with E-state index in [1.54, 1.807) is 0 Å². The molecule has 0 saturated carbocycles. The number of benzene rings is 1. The Morgan fingerprint density at radius 2 is 0.880 bits per heavy atom. The normalized spacial score (nSPS) is 11.1. The van der Waals surface area contributed by atoms with Crippen LogP contribution in [0.2, 0.25) is 0 Å². The number of nitrogens with two attached hydrogens (primary N) is 1.